The van der Waals surface area contributed by atoms with Gasteiger partial charge in [0.1, 0.15) is 11.6 Å². The van der Waals surface area contributed by atoms with E-state index in [4.69, 9.17) is 5.73 Å². The molecule has 5 heteroatoms. The van der Waals surface area contributed by atoms with Crippen LogP contribution in [0.25, 0.3) is 0 Å². The standard InChI is InChI=1S/C15H16FN3O/c16-12-7-9-14(18-10-12)19-15(20)13(17)8-6-11-4-2-1-3-5-11/h1-5,7,9-10,13H,6,8,17H2,(H,18,19,20). The van der Waals surface area contributed by atoms with E-state index in [0.29, 0.717) is 12.2 Å². The number of pyridine rings is 1. The average Bonchev–Trinajstić information content (AvgIpc) is 2.48. The molecule has 2 rings (SSSR count). The molecule has 3 N–H and O–H groups in total. The third-order valence-electron chi connectivity index (χ3n) is 2.90. The van der Waals surface area contributed by atoms with Crippen LogP contribution in [0.1, 0.15) is 12.0 Å². The van der Waals surface area contributed by atoms with E-state index in [1.165, 1.54) is 12.1 Å². The number of aryl methyl sites for hydroxylation is 1. The summed E-state index contributed by atoms with van der Waals surface area (Å²) >= 11 is 0. The van der Waals surface area contributed by atoms with Crippen molar-refractivity contribution in [2.45, 2.75) is 18.9 Å². The van der Waals surface area contributed by atoms with Crippen LogP contribution in [0.15, 0.2) is 48.7 Å². The Morgan fingerprint density at radius 1 is 1.25 bits per heavy atom. The summed E-state index contributed by atoms with van der Waals surface area (Å²) in [4.78, 5) is 15.6. The fourth-order valence-corrected chi connectivity index (χ4v) is 1.77. The minimum atomic E-state index is -0.623. The first-order valence-electron chi connectivity index (χ1n) is 6.37. The summed E-state index contributed by atoms with van der Waals surface area (Å²) in [6.45, 7) is 0. The molecule has 1 heterocycles. The Kier molecular flexibility index (Phi) is 4.79. The lowest BCUT2D eigenvalue weighted by Crippen LogP contribution is -2.36. The second-order valence-electron chi connectivity index (χ2n) is 4.48. The van der Waals surface area contributed by atoms with Crippen LogP contribution in [-0.2, 0) is 11.2 Å². The van der Waals surface area contributed by atoms with Gasteiger partial charge in [-0.1, -0.05) is 30.3 Å². The number of hydrogen-bond acceptors (Lipinski definition) is 3. The SMILES string of the molecule is NC(CCc1ccccc1)C(=O)Nc1ccc(F)cn1. The molecule has 0 saturated heterocycles. The highest BCUT2D eigenvalue weighted by molar-refractivity contribution is 5.93. The zero-order chi connectivity index (χ0) is 14.4. The van der Waals surface area contributed by atoms with Crippen molar-refractivity contribution in [1.29, 1.82) is 0 Å². The van der Waals surface area contributed by atoms with Gasteiger partial charge in [-0.15, -0.1) is 0 Å². The van der Waals surface area contributed by atoms with Crippen LogP contribution in [-0.4, -0.2) is 16.9 Å². The molecular formula is C15H16FN3O. The molecule has 0 saturated carbocycles. The number of rotatable bonds is 5. The molecule has 20 heavy (non-hydrogen) atoms. The van der Waals surface area contributed by atoms with Crippen LogP contribution in [0.4, 0.5) is 10.2 Å². The number of nitrogens with one attached hydrogen (secondary N) is 1. The number of anilines is 1. The molecule has 1 unspecified atom stereocenters. The molecule has 104 valence electrons. The molecule has 0 aliphatic heterocycles. The van der Waals surface area contributed by atoms with E-state index < -0.39 is 11.9 Å². The highest BCUT2D eigenvalue weighted by atomic mass is 19.1. The second kappa shape index (κ2) is 6.77. The molecule has 2 aromatic rings. The topological polar surface area (TPSA) is 68.0 Å². The quantitative estimate of drug-likeness (QED) is 0.876. The lowest BCUT2D eigenvalue weighted by Gasteiger charge is -2.11. The van der Waals surface area contributed by atoms with Crippen molar-refractivity contribution >= 4 is 11.7 Å². The van der Waals surface area contributed by atoms with E-state index in [2.05, 4.69) is 10.3 Å². The molecule has 1 amide bonds. The van der Waals surface area contributed by atoms with E-state index in [-0.39, 0.29) is 5.91 Å². The van der Waals surface area contributed by atoms with E-state index in [9.17, 15) is 9.18 Å². The number of nitrogens with zero attached hydrogens (tertiary/aromatic N) is 1. The van der Waals surface area contributed by atoms with Crippen LogP contribution in [0, 0.1) is 5.82 Å². The molecule has 0 aliphatic rings. The van der Waals surface area contributed by atoms with Crippen LogP contribution in [0.3, 0.4) is 0 Å². The van der Waals surface area contributed by atoms with Crippen molar-refractivity contribution in [2.75, 3.05) is 5.32 Å². The summed E-state index contributed by atoms with van der Waals surface area (Å²) in [6.07, 6.45) is 2.31. The van der Waals surface area contributed by atoms with Gasteiger partial charge in [0.25, 0.3) is 0 Å². The number of carbonyl (C=O) groups is 1. The van der Waals surface area contributed by atoms with Gasteiger partial charge < -0.3 is 11.1 Å². The third-order valence-corrected chi connectivity index (χ3v) is 2.90. The van der Waals surface area contributed by atoms with Gasteiger partial charge in [-0.3, -0.25) is 4.79 Å². The smallest absolute Gasteiger partial charge is 0.242 e. The van der Waals surface area contributed by atoms with Gasteiger partial charge >= 0.3 is 0 Å². The number of halogens is 1. The molecule has 0 spiro atoms. The Balaban J connectivity index is 1.84. The lowest BCUT2D eigenvalue weighted by molar-refractivity contribution is -0.117. The van der Waals surface area contributed by atoms with Gasteiger partial charge in [0, 0.05) is 0 Å². The number of aromatic nitrogens is 1. The first-order valence-corrected chi connectivity index (χ1v) is 6.37. The highest BCUT2D eigenvalue weighted by Gasteiger charge is 2.14. The van der Waals surface area contributed by atoms with Gasteiger partial charge in [0.05, 0.1) is 12.2 Å². The maximum Gasteiger partial charge on any atom is 0.242 e. The van der Waals surface area contributed by atoms with Gasteiger partial charge in [0.2, 0.25) is 5.91 Å². The van der Waals surface area contributed by atoms with Gasteiger partial charge in [-0.05, 0) is 30.5 Å². The number of benzene rings is 1. The Morgan fingerprint density at radius 3 is 2.65 bits per heavy atom. The predicted molar refractivity (Wildman–Crippen MR) is 75.6 cm³/mol. The van der Waals surface area contributed by atoms with Crippen molar-refractivity contribution in [3.8, 4) is 0 Å². The molecule has 0 fully saturated rings. The second-order valence-corrected chi connectivity index (χ2v) is 4.48. The Labute approximate surface area is 116 Å². The van der Waals surface area contributed by atoms with Crippen molar-refractivity contribution in [2.24, 2.45) is 5.73 Å². The molecule has 4 nitrogen and oxygen atoms in total. The first-order chi connectivity index (χ1) is 9.65. The summed E-state index contributed by atoms with van der Waals surface area (Å²) < 4.78 is 12.7. The van der Waals surface area contributed by atoms with E-state index in [1.807, 2.05) is 30.3 Å². The monoisotopic (exact) mass is 273 g/mol. The summed E-state index contributed by atoms with van der Waals surface area (Å²) in [5.74, 6) is -0.469. The van der Waals surface area contributed by atoms with Crippen molar-refractivity contribution in [3.63, 3.8) is 0 Å². The van der Waals surface area contributed by atoms with E-state index >= 15 is 0 Å². The average molecular weight is 273 g/mol. The fourth-order valence-electron chi connectivity index (χ4n) is 1.77. The van der Waals surface area contributed by atoms with Crippen LogP contribution in [0.5, 0.6) is 0 Å². The van der Waals surface area contributed by atoms with Crippen molar-refractivity contribution < 1.29 is 9.18 Å². The maximum absolute atomic E-state index is 12.7. The molecule has 1 atom stereocenters. The van der Waals surface area contributed by atoms with Crippen LogP contribution in [0.2, 0.25) is 0 Å². The van der Waals surface area contributed by atoms with E-state index in [1.54, 1.807) is 0 Å². The predicted octanol–water partition coefficient (Wildman–Crippen LogP) is 2.12. The minimum Gasteiger partial charge on any atom is -0.320 e. The number of nitrogens with two attached hydrogens (primary N) is 1. The lowest BCUT2D eigenvalue weighted by atomic mass is 10.1. The fraction of sp³-hybridized carbons (Fsp3) is 0.200. The van der Waals surface area contributed by atoms with Crippen molar-refractivity contribution in [3.05, 3.63) is 60.0 Å². The number of amides is 1. The zero-order valence-corrected chi connectivity index (χ0v) is 10.9. The minimum absolute atomic E-state index is 0.298. The Hall–Kier alpha value is -2.27. The van der Waals surface area contributed by atoms with Crippen LogP contribution >= 0.6 is 0 Å². The maximum atomic E-state index is 12.7. The number of hydrogen-bond donors (Lipinski definition) is 2. The Morgan fingerprint density at radius 2 is 2.00 bits per heavy atom. The molecule has 1 aromatic heterocycles. The largest absolute Gasteiger partial charge is 0.320 e. The summed E-state index contributed by atoms with van der Waals surface area (Å²) in [7, 11) is 0. The van der Waals surface area contributed by atoms with Gasteiger partial charge in [-0.2, -0.15) is 0 Å². The molecule has 0 radical (unpaired) electrons. The number of carbonyl (C=O) groups excluding carboxylic acids is 1. The highest BCUT2D eigenvalue weighted by Crippen LogP contribution is 2.07. The van der Waals surface area contributed by atoms with Gasteiger partial charge in [0.15, 0.2) is 0 Å². The molecule has 0 bridgehead atoms. The molecular weight excluding hydrogens is 257 g/mol. The Bertz CT molecular complexity index is 557. The van der Waals surface area contributed by atoms with E-state index in [0.717, 1.165) is 18.2 Å². The molecule has 0 aliphatic carbocycles. The normalized spacial score (nSPS) is 11.9. The van der Waals surface area contributed by atoms with Gasteiger partial charge in [-0.25, -0.2) is 9.37 Å². The summed E-state index contributed by atoms with van der Waals surface area (Å²) in [5.41, 5.74) is 6.96. The van der Waals surface area contributed by atoms with Crippen molar-refractivity contribution in [1.82, 2.24) is 4.98 Å². The summed E-state index contributed by atoms with van der Waals surface area (Å²) in [6, 6.07) is 11.8. The first kappa shape index (κ1) is 14.1. The van der Waals surface area contributed by atoms with Crippen LogP contribution < -0.4 is 11.1 Å². The molecule has 1 aromatic carbocycles. The summed E-state index contributed by atoms with van der Waals surface area (Å²) in [5, 5.41) is 2.56. The zero-order valence-electron chi connectivity index (χ0n) is 10.9. The third kappa shape index (κ3) is 4.13.